The van der Waals surface area contributed by atoms with E-state index in [-0.39, 0.29) is 24.2 Å². The van der Waals surface area contributed by atoms with Crippen molar-refractivity contribution in [2.24, 2.45) is 0 Å². The molecule has 8 heteroatoms. The van der Waals surface area contributed by atoms with Crippen LogP contribution in [0.1, 0.15) is 5.69 Å². The Morgan fingerprint density at radius 2 is 1.88 bits per heavy atom. The van der Waals surface area contributed by atoms with E-state index in [0.717, 1.165) is 0 Å². The monoisotopic (exact) mass is 293 g/mol. The van der Waals surface area contributed by atoms with Crippen molar-refractivity contribution in [3.8, 4) is 0 Å². The van der Waals surface area contributed by atoms with Crippen molar-refractivity contribution in [1.82, 2.24) is 15.3 Å². The van der Waals surface area contributed by atoms with Gasteiger partial charge in [-0.1, -0.05) is 0 Å². The lowest BCUT2D eigenvalue weighted by atomic mass is 10.3. The van der Waals surface area contributed by atoms with E-state index in [4.69, 9.17) is 10.2 Å². The van der Waals surface area contributed by atoms with Gasteiger partial charge in [0.15, 0.2) is 0 Å². The summed E-state index contributed by atoms with van der Waals surface area (Å²) in [6.07, 6.45) is 0. The zero-order chi connectivity index (χ0) is 12.1. The Morgan fingerprint density at radius 1 is 1.25 bits per heavy atom. The number of aliphatic hydroxyl groups excluding tert-OH is 2. The lowest BCUT2D eigenvalue weighted by Gasteiger charge is -2.13. The number of halogens is 1. The molecule has 0 amide bonds. The average Bonchev–Trinajstić information content (AvgIpc) is 2.26. The predicted molar refractivity (Wildman–Crippen MR) is 60.2 cm³/mol. The molecule has 1 rings (SSSR count). The molecule has 0 atom stereocenters. The second-order valence-corrected chi connectivity index (χ2v) is 3.94. The summed E-state index contributed by atoms with van der Waals surface area (Å²) < 4.78 is 0.217. The molecule has 1 heterocycles. The zero-order valence-electron chi connectivity index (χ0n) is 8.29. The maximum absolute atomic E-state index is 11.2. The first-order chi connectivity index (χ1) is 7.58. The molecular weight excluding hydrogens is 282 g/mol. The largest absolute Gasteiger partial charge is 0.395 e. The summed E-state index contributed by atoms with van der Waals surface area (Å²) in [5.74, 6) is 0. The number of rotatable bonds is 5. The standard InChI is InChI=1S/C8H12BrN3O4/c9-6-5(1-10-4(2-13)3-14)11-8(16)12-7(6)15/h4,10,13-14H,1-3H2,(H2,11,12,15,16). The summed E-state index contributed by atoms with van der Waals surface area (Å²) in [5.41, 5.74) is -0.764. The molecule has 90 valence electrons. The van der Waals surface area contributed by atoms with E-state index in [1.807, 2.05) is 0 Å². The van der Waals surface area contributed by atoms with Gasteiger partial charge in [-0.25, -0.2) is 4.79 Å². The predicted octanol–water partition coefficient (Wildman–Crippen LogP) is -1.73. The van der Waals surface area contributed by atoms with Crippen LogP contribution in [0.3, 0.4) is 0 Å². The molecule has 0 bridgehead atoms. The number of hydrogen-bond donors (Lipinski definition) is 5. The van der Waals surface area contributed by atoms with Gasteiger partial charge in [0, 0.05) is 6.54 Å². The molecule has 0 aliphatic rings. The SMILES string of the molecule is O=c1[nH]c(CNC(CO)CO)c(Br)c(=O)[nH]1. The van der Waals surface area contributed by atoms with Gasteiger partial charge in [0.1, 0.15) is 4.47 Å². The first-order valence-corrected chi connectivity index (χ1v) is 5.33. The van der Waals surface area contributed by atoms with Gasteiger partial charge < -0.3 is 20.5 Å². The van der Waals surface area contributed by atoms with E-state index in [2.05, 4.69) is 31.2 Å². The molecule has 5 N–H and O–H groups in total. The van der Waals surface area contributed by atoms with Crippen molar-refractivity contribution in [2.45, 2.75) is 12.6 Å². The third-order valence-electron chi connectivity index (χ3n) is 1.96. The summed E-state index contributed by atoms with van der Waals surface area (Å²) in [7, 11) is 0. The smallest absolute Gasteiger partial charge is 0.325 e. The van der Waals surface area contributed by atoms with E-state index >= 15 is 0 Å². The normalized spacial score (nSPS) is 11.0. The number of H-pyrrole nitrogens is 2. The summed E-state index contributed by atoms with van der Waals surface area (Å²) in [6.45, 7) is -0.311. The lowest BCUT2D eigenvalue weighted by molar-refractivity contribution is 0.170. The molecule has 0 spiro atoms. The topological polar surface area (TPSA) is 118 Å². The molecule has 0 aliphatic heterocycles. The van der Waals surface area contributed by atoms with Gasteiger partial charge >= 0.3 is 5.69 Å². The third kappa shape index (κ3) is 3.27. The van der Waals surface area contributed by atoms with E-state index in [0.29, 0.717) is 5.69 Å². The van der Waals surface area contributed by atoms with Gasteiger partial charge in [0.2, 0.25) is 0 Å². The molecule has 1 aromatic heterocycles. The highest BCUT2D eigenvalue weighted by molar-refractivity contribution is 9.10. The van der Waals surface area contributed by atoms with Crippen LogP contribution in [0.2, 0.25) is 0 Å². The maximum atomic E-state index is 11.2. The van der Waals surface area contributed by atoms with Gasteiger partial charge in [0.25, 0.3) is 5.56 Å². The van der Waals surface area contributed by atoms with Gasteiger partial charge in [-0.15, -0.1) is 0 Å². The minimum atomic E-state index is -0.602. The van der Waals surface area contributed by atoms with Crippen LogP contribution in [-0.4, -0.2) is 39.4 Å². The average molecular weight is 294 g/mol. The number of nitrogens with one attached hydrogen (secondary N) is 3. The van der Waals surface area contributed by atoms with Crippen LogP contribution >= 0.6 is 15.9 Å². The first-order valence-electron chi connectivity index (χ1n) is 4.54. The number of aromatic nitrogens is 2. The fourth-order valence-corrected chi connectivity index (χ4v) is 1.41. The van der Waals surface area contributed by atoms with Crippen LogP contribution in [0.4, 0.5) is 0 Å². The summed E-state index contributed by atoms with van der Waals surface area (Å²) in [6, 6.07) is -0.491. The molecule has 1 aromatic rings. The highest BCUT2D eigenvalue weighted by Crippen LogP contribution is 2.05. The highest BCUT2D eigenvalue weighted by Gasteiger charge is 2.09. The van der Waals surface area contributed by atoms with E-state index < -0.39 is 17.3 Å². The van der Waals surface area contributed by atoms with Gasteiger partial charge in [0.05, 0.1) is 24.9 Å². The highest BCUT2D eigenvalue weighted by atomic mass is 79.9. The second-order valence-electron chi connectivity index (χ2n) is 3.14. The van der Waals surface area contributed by atoms with Gasteiger partial charge in [-0.2, -0.15) is 0 Å². The Hall–Kier alpha value is -0.960. The number of aliphatic hydroxyl groups is 2. The van der Waals surface area contributed by atoms with Crippen molar-refractivity contribution >= 4 is 15.9 Å². The fraction of sp³-hybridized carbons (Fsp3) is 0.500. The third-order valence-corrected chi connectivity index (χ3v) is 2.80. The minimum absolute atomic E-state index is 0.158. The number of hydrogen-bond acceptors (Lipinski definition) is 5. The van der Waals surface area contributed by atoms with E-state index in [1.165, 1.54) is 0 Å². The molecule has 0 unspecified atom stereocenters. The van der Waals surface area contributed by atoms with Crippen molar-refractivity contribution in [2.75, 3.05) is 13.2 Å². The van der Waals surface area contributed by atoms with Gasteiger partial charge in [-0.05, 0) is 15.9 Å². The summed E-state index contributed by atoms with van der Waals surface area (Å²) >= 11 is 3.03. The minimum Gasteiger partial charge on any atom is -0.395 e. The molecule has 0 saturated carbocycles. The number of aromatic amines is 2. The Kier molecular flexibility index (Phi) is 4.87. The van der Waals surface area contributed by atoms with E-state index in [1.54, 1.807) is 0 Å². The molecule has 0 fully saturated rings. The Morgan fingerprint density at radius 3 is 2.44 bits per heavy atom. The fourth-order valence-electron chi connectivity index (χ4n) is 1.07. The van der Waals surface area contributed by atoms with Crippen LogP contribution < -0.4 is 16.6 Å². The Labute approximate surface area is 98.7 Å². The molecule has 0 radical (unpaired) electrons. The van der Waals surface area contributed by atoms with Crippen molar-refractivity contribution in [3.63, 3.8) is 0 Å². The van der Waals surface area contributed by atoms with Crippen LogP contribution in [0.15, 0.2) is 14.1 Å². The second kappa shape index (κ2) is 5.94. The van der Waals surface area contributed by atoms with E-state index in [9.17, 15) is 9.59 Å². The van der Waals surface area contributed by atoms with Crippen LogP contribution in [0.5, 0.6) is 0 Å². The van der Waals surface area contributed by atoms with Gasteiger partial charge in [-0.3, -0.25) is 9.78 Å². The Balaban J connectivity index is 2.81. The molecule has 0 aromatic carbocycles. The molecular formula is C8H12BrN3O4. The van der Waals surface area contributed by atoms with Crippen molar-refractivity contribution < 1.29 is 10.2 Å². The van der Waals surface area contributed by atoms with Crippen LogP contribution in [-0.2, 0) is 6.54 Å². The van der Waals surface area contributed by atoms with Crippen molar-refractivity contribution in [3.05, 3.63) is 31.0 Å². The molecule has 16 heavy (non-hydrogen) atoms. The molecule has 0 saturated heterocycles. The molecule has 0 aliphatic carbocycles. The Bertz CT molecular complexity index is 451. The molecule has 7 nitrogen and oxygen atoms in total. The van der Waals surface area contributed by atoms with Crippen LogP contribution in [0, 0.1) is 0 Å². The zero-order valence-corrected chi connectivity index (χ0v) is 9.87. The quantitative estimate of drug-likeness (QED) is 0.442. The first kappa shape index (κ1) is 13.1. The summed E-state index contributed by atoms with van der Waals surface area (Å²) in [4.78, 5) is 26.7. The maximum Gasteiger partial charge on any atom is 0.325 e. The van der Waals surface area contributed by atoms with Crippen LogP contribution in [0.25, 0.3) is 0 Å². The lowest BCUT2D eigenvalue weighted by Crippen LogP contribution is -2.37. The van der Waals surface area contributed by atoms with Crippen molar-refractivity contribution in [1.29, 1.82) is 0 Å². The summed E-state index contributed by atoms with van der Waals surface area (Å²) in [5, 5.41) is 20.4.